The van der Waals surface area contributed by atoms with Crippen LogP contribution in [-0.2, 0) is 10.0 Å². The highest BCUT2D eigenvalue weighted by atomic mass is 32.2. The van der Waals surface area contributed by atoms with Gasteiger partial charge < -0.3 is 10.5 Å². The van der Waals surface area contributed by atoms with Gasteiger partial charge in [0, 0.05) is 13.6 Å². The topological polar surface area (TPSA) is 72.6 Å². The number of nitrogen functional groups attached to an aromatic ring is 1. The molecule has 0 saturated heterocycles. The molecule has 1 rings (SSSR count). The van der Waals surface area contributed by atoms with Gasteiger partial charge in [-0.05, 0) is 18.6 Å². The molecule has 0 radical (unpaired) electrons. The molecule has 6 heteroatoms. The molecule has 0 aliphatic rings. The molecule has 0 aromatic heterocycles. The predicted octanol–water partition coefficient (Wildman–Crippen LogP) is 2.10. The lowest BCUT2D eigenvalue weighted by Gasteiger charge is -2.17. The van der Waals surface area contributed by atoms with Crippen molar-refractivity contribution in [3.8, 4) is 5.75 Å². The third kappa shape index (κ3) is 5.38. The van der Waals surface area contributed by atoms with E-state index in [9.17, 15) is 8.42 Å². The summed E-state index contributed by atoms with van der Waals surface area (Å²) < 4.78 is 30.8. The molecule has 0 aliphatic heterocycles. The number of nitrogens with zero attached hydrogens (tertiary/aromatic N) is 1. The van der Waals surface area contributed by atoms with Crippen LogP contribution in [0.5, 0.6) is 5.75 Å². The maximum Gasteiger partial charge on any atom is 0.217 e. The molecule has 0 aliphatic carbocycles. The van der Waals surface area contributed by atoms with Crippen LogP contribution in [0, 0.1) is 0 Å². The average Bonchev–Trinajstić information content (AvgIpc) is 2.41. The number of sulfonamides is 1. The number of para-hydroxylation sites is 2. The molecule has 2 N–H and O–H groups in total. The second-order valence-electron chi connectivity index (χ2n) is 4.73. The number of nitrogens with two attached hydrogens (primary N) is 1. The van der Waals surface area contributed by atoms with Crippen molar-refractivity contribution in [2.45, 2.75) is 26.2 Å². The van der Waals surface area contributed by atoms with Gasteiger partial charge >= 0.3 is 0 Å². The minimum absolute atomic E-state index is 0.0377. The summed E-state index contributed by atoms with van der Waals surface area (Å²) in [5.41, 5.74) is 6.24. The van der Waals surface area contributed by atoms with Gasteiger partial charge in [0.2, 0.25) is 10.0 Å². The Morgan fingerprint density at radius 2 is 1.95 bits per heavy atom. The Bertz CT molecular complexity index is 503. The molecule has 5 nitrogen and oxygen atoms in total. The van der Waals surface area contributed by atoms with E-state index in [2.05, 4.69) is 6.92 Å². The third-order valence-corrected chi connectivity index (χ3v) is 4.88. The first-order valence-corrected chi connectivity index (χ1v) is 8.49. The van der Waals surface area contributed by atoms with E-state index in [0.29, 0.717) is 18.0 Å². The Morgan fingerprint density at radius 1 is 1.25 bits per heavy atom. The van der Waals surface area contributed by atoms with E-state index in [4.69, 9.17) is 10.5 Å². The molecular weight excluding hydrogens is 276 g/mol. The zero-order valence-corrected chi connectivity index (χ0v) is 13.0. The zero-order chi connectivity index (χ0) is 15.0. The van der Waals surface area contributed by atoms with E-state index in [1.165, 1.54) is 4.31 Å². The van der Waals surface area contributed by atoms with Crippen LogP contribution < -0.4 is 10.5 Å². The van der Waals surface area contributed by atoms with Gasteiger partial charge in [0.15, 0.2) is 0 Å². The minimum Gasteiger partial charge on any atom is -0.490 e. The van der Waals surface area contributed by atoms with Crippen molar-refractivity contribution in [1.29, 1.82) is 0 Å². The summed E-state index contributed by atoms with van der Waals surface area (Å²) in [5.74, 6) is 0.487. The molecule has 0 amide bonds. The van der Waals surface area contributed by atoms with Crippen molar-refractivity contribution in [3.63, 3.8) is 0 Å². The summed E-state index contributed by atoms with van der Waals surface area (Å²) in [6.45, 7) is 2.75. The normalized spacial score (nSPS) is 11.8. The Hall–Kier alpha value is -1.27. The summed E-state index contributed by atoms with van der Waals surface area (Å²) in [6.07, 6.45) is 3.00. The first-order valence-electron chi connectivity index (χ1n) is 6.88. The van der Waals surface area contributed by atoms with Crippen molar-refractivity contribution >= 4 is 15.7 Å². The SMILES string of the molecule is CCCCCN(C)S(=O)(=O)CCOc1ccccc1N. The van der Waals surface area contributed by atoms with Gasteiger partial charge in [-0.2, -0.15) is 0 Å². The molecule has 1 aromatic rings. The second kappa shape index (κ2) is 8.11. The zero-order valence-electron chi connectivity index (χ0n) is 12.2. The molecule has 0 atom stereocenters. The van der Waals surface area contributed by atoms with Gasteiger partial charge in [0.05, 0.1) is 11.4 Å². The van der Waals surface area contributed by atoms with Gasteiger partial charge in [0.1, 0.15) is 12.4 Å². The third-order valence-electron chi connectivity index (χ3n) is 3.07. The Labute approximate surface area is 121 Å². The minimum atomic E-state index is -3.26. The Kier molecular flexibility index (Phi) is 6.81. The maximum absolute atomic E-state index is 12.0. The summed E-state index contributed by atoms with van der Waals surface area (Å²) in [7, 11) is -1.64. The maximum atomic E-state index is 12.0. The Morgan fingerprint density at radius 3 is 2.60 bits per heavy atom. The summed E-state index contributed by atoms with van der Waals surface area (Å²) in [4.78, 5) is 0. The van der Waals surface area contributed by atoms with Crippen molar-refractivity contribution in [3.05, 3.63) is 24.3 Å². The quantitative estimate of drug-likeness (QED) is 0.560. The van der Waals surface area contributed by atoms with Crippen molar-refractivity contribution in [1.82, 2.24) is 4.31 Å². The van der Waals surface area contributed by atoms with E-state index in [-0.39, 0.29) is 12.4 Å². The van der Waals surface area contributed by atoms with Crippen LogP contribution in [0.4, 0.5) is 5.69 Å². The lowest BCUT2D eigenvalue weighted by molar-refractivity contribution is 0.338. The van der Waals surface area contributed by atoms with Crippen LogP contribution in [-0.4, -0.2) is 38.7 Å². The van der Waals surface area contributed by atoms with Crippen LogP contribution in [0.3, 0.4) is 0 Å². The summed E-state index contributed by atoms with van der Waals surface area (Å²) >= 11 is 0. The first kappa shape index (κ1) is 16.8. The van der Waals surface area contributed by atoms with Crippen molar-refractivity contribution in [2.24, 2.45) is 0 Å². The standard InChI is InChI=1S/C14H24N2O3S/c1-3-4-7-10-16(2)20(17,18)12-11-19-14-9-6-5-8-13(14)15/h5-6,8-9H,3-4,7,10-12,15H2,1-2H3. The summed E-state index contributed by atoms with van der Waals surface area (Å²) in [6, 6.07) is 7.06. The number of hydrogen-bond donors (Lipinski definition) is 1. The highest BCUT2D eigenvalue weighted by molar-refractivity contribution is 7.89. The summed E-state index contributed by atoms with van der Waals surface area (Å²) in [5, 5.41) is 0. The fourth-order valence-corrected chi connectivity index (χ4v) is 2.76. The van der Waals surface area contributed by atoms with Gasteiger partial charge in [-0.25, -0.2) is 12.7 Å². The molecule has 0 heterocycles. The van der Waals surface area contributed by atoms with Gasteiger partial charge in [-0.1, -0.05) is 31.9 Å². The highest BCUT2D eigenvalue weighted by Gasteiger charge is 2.17. The van der Waals surface area contributed by atoms with Gasteiger partial charge in [-0.15, -0.1) is 0 Å². The fraction of sp³-hybridized carbons (Fsp3) is 0.571. The van der Waals surface area contributed by atoms with Gasteiger partial charge in [-0.3, -0.25) is 0 Å². The number of hydrogen-bond acceptors (Lipinski definition) is 4. The Balaban J connectivity index is 2.41. The monoisotopic (exact) mass is 300 g/mol. The van der Waals surface area contributed by atoms with Crippen LogP contribution >= 0.6 is 0 Å². The fourth-order valence-electron chi connectivity index (χ4n) is 1.75. The number of ether oxygens (including phenoxy) is 1. The highest BCUT2D eigenvalue weighted by Crippen LogP contribution is 2.19. The lowest BCUT2D eigenvalue weighted by Crippen LogP contribution is -2.32. The molecule has 0 unspecified atom stereocenters. The van der Waals surface area contributed by atoms with Crippen LogP contribution in [0.1, 0.15) is 26.2 Å². The molecule has 0 spiro atoms. The second-order valence-corrected chi connectivity index (χ2v) is 6.93. The first-order chi connectivity index (χ1) is 9.47. The molecule has 20 heavy (non-hydrogen) atoms. The average molecular weight is 300 g/mol. The lowest BCUT2D eigenvalue weighted by atomic mass is 10.2. The smallest absolute Gasteiger partial charge is 0.217 e. The molecule has 1 aromatic carbocycles. The van der Waals surface area contributed by atoms with Gasteiger partial charge in [0.25, 0.3) is 0 Å². The molecular formula is C14H24N2O3S. The number of unbranched alkanes of at least 4 members (excludes halogenated alkanes) is 2. The van der Waals surface area contributed by atoms with E-state index in [0.717, 1.165) is 19.3 Å². The molecule has 114 valence electrons. The number of benzene rings is 1. The van der Waals surface area contributed by atoms with E-state index in [1.807, 2.05) is 0 Å². The number of rotatable bonds is 9. The van der Waals surface area contributed by atoms with Crippen LogP contribution in [0.15, 0.2) is 24.3 Å². The number of anilines is 1. The van der Waals surface area contributed by atoms with Crippen LogP contribution in [0.2, 0.25) is 0 Å². The van der Waals surface area contributed by atoms with E-state index < -0.39 is 10.0 Å². The predicted molar refractivity (Wildman–Crippen MR) is 82.3 cm³/mol. The van der Waals surface area contributed by atoms with E-state index >= 15 is 0 Å². The van der Waals surface area contributed by atoms with Crippen molar-refractivity contribution < 1.29 is 13.2 Å². The van der Waals surface area contributed by atoms with Crippen molar-refractivity contribution in [2.75, 3.05) is 31.7 Å². The van der Waals surface area contributed by atoms with Crippen LogP contribution in [0.25, 0.3) is 0 Å². The van der Waals surface area contributed by atoms with E-state index in [1.54, 1.807) is 31.3 Å². The molecule has 0 saturated carbocycles. The molecule has 0 fully saturated rings. The molecule has 0 bridgehead atoms. The largest absolute Gasteiger partial charge is 0.490 e.